The van der Waals surface area contributed by atoms with Crippen molar-refractivity contribution in [2.45, 2.75) is 26.2 Å². The van der Waals surface area contributed by atoms with E-state index in [-0.39, 0.29) is 18.5 Å². The lowest BCUT2D eigenvalue weighted by Gasteiger charge is -2.32. The zero-order valence-electron chi connectivity index (χ0n) is 11.1. The lowest BCUT2D eigenvalue weighted by Crippen LogP contribution is -2.47. The minimum absolute atomic E-state index is 0.00477. The minimum Gasteiger partial charge on any atom is -0.465 e. The maximum Gasteiger partial charge on any atom is 0.325 e. The van der Waals surface area contributed by atoms with E-state index in [1.54, 1.807) is 17.9 Å². The molecule has 0 aromatic carbocycles. The van der Waals surface area contributed by atoms with Crippen LogP contribution in [0.5, 0.6) is 0 Å². The quantitative estimate of drug-likeness (QED) is 0.553. The molecule has 1 aliphatic rings. The van der Waals surface area contributed by atoms with E-state index in [4.69, 9.17) is 4.74 Å². The molecule has 0 radical (unpaired) electrons. The molecule has 1 rings (SSSR count). The average Bonchev–Trinajstić information content (AvgIpc) is 2.39. The fourth-order valence-electron chi connectivity index (χ4n) is 2.01. The lowest BCUT2D eigenvalue weighted by atomic mass is 10.1. The van der Waals surface area contributed by atoms with E-state index in [1.807, 2.05) is 0 Å². The Labute approximate surface area is 108 Å². The molecule has 0 bridgehead atoms. The predicted molar refractivity (Wildman–Crippen MR) is 69.2 cm³/mol. The van der Waals surface area contributed by atoms with Gasteiger partial charge in [-0.1, -0.05) is 6.08 Å². The van der Waals surface area contributed by atoms with Crippen LogP contribution in [0.25, 0.3) is 0 Å². The van der Waals surface area contributed by atoms with Gasteiger partial charge in [-0.05, 0) is 26.2 Å². The van der Waals surface area contributed by atoms with E-state index < -0.39 is 0 Å². The van der Waals surface area contributed by atoms with Crippen molar-refractivity contribution in [2.24, 2.45) is 0 Å². The number of carbonyl (C=O) groups excluding carboxylic acids is 2. The summed E-state index contributed by atoms with van der Waals surface area (Å²) in [5.74, 6) is -0.371. The Bertz CT molecular complexity index is 299. The van der Waals surface area contributed by atoms with Crippen molar-refractivity contribution in [3.63, 3.8) is 0 Å². The highest BCUT2D eigenvalue weighted by molar-refractivity contribution is 5.81. The standard InChI is InChI=1S/C13H22N2O3/c1-3-8-15(11-12(16)18-4-2)13(17)14-9-6-5-7-10-14/h3H,1,4-11H2,2H3. The largest absolute Gasteiger partial charge is 0.465 e. The van der Waals surface area contributed by atoms with Crippen molar-refractivity contribution in [3.05, 3.63) is 12.7 Å². The zero-order chi connectivity index (χ0) is 13.4. The first-order chi connectivity index (χ1) is 8.69. The Morgan fingerprint density at radius 1 is 1.33 bits per heavy atom. The third-order valence-corrected chi connectivity index (χ3v) is 2.87. The van der Waals surface area contributed by atoms with Crippen LogP contribution in [0.1, 0.15) is 26.2 Å². The molecule has 102 valence electrons. The summed E-state index contributed by atoms with van der Waals surface area (Å²) in [6.45, 7) is 7.61. The van der Waals surface area contributed by atoms with Crippen molar-refractivity contribution in [2.75, 3.05) is 32.8 Å². The van der Waals surface area contributed by atoms with Crippen molar-refractivity contribution >= 4 is 12.0 Å². The molecule has 0 aromatic rings. The molecular weight excluding hydrogens is 232 g/mol. The number of nitrogens with zero attached hydrogens (tertiary/aromatic N) is 2. The summed E-state index contributed by atoms with van der Waals surface area (Å²) in [6.07, 6.45) is 4.87. The summed E-state index contributed by atoms with van der Waals surface area (Å²) in [4.78, 5) is 27.0. The molecule has 0 atom stereocenters. The van der Waals surface area contributed by atoms with Crippen molar-refractivity contribution in [1.82, 2.24) is 9.80 Å². The highest BCUT2D eigenvalue weighted by atomic mass is 16.5. The van der Waals surface area contributed by atoms with Crippen molar-refractivity contribution in [3.8, 4) is 0 Å². The van der Waals surface area contributed by atoms with Crippen LogP contribution < -0.4 is 0 Å². The van der Waals surface area contributed by atoms with Crippen molar-refractivity contribution in [1.29, 1.82) is 0 Å². The molecule has 18 heavy (non-hydrogen) atoms. The smallest absolute Gasteiger partial charge is 0.325 e. The van der Waals surface area contributed by atoms with Gasteiger partial charge in [0.15, 0.2) is 0 Å². The van der Waals surface area contributed by atoms with E-state index >= 15 is 0 Å². The molecule has 0 aromatic heterocycles. The Kier molecular flexibility index (Phi) is 6.25. The Hall–Kier alpha value is -1.52. The lowest BCUT2D eigenvalue weighted by molar-refractivity contribution is -0.143. The van der Waals surface area contributed by atoms with Crippen molar-refractivity contribution < 1.29 is 14.3 Å². The Balaban J connectivity index is 2.55. The molecule has 2 amide bonds. The Morgan fingerprint density at radius 3 is 2.56 bits per heavy atom. The van der Waals surface area contributed by atoms with E-state index in [9.17, 15) is 9.59 Å². The number of rotatable bonds is 5. The summed E-state index contributed by atoms with van der Waals surface area (Å²) in [6, 6.07) is -0.0948. The van der Waals surface area contributed by atoms with Crippen LogP contribution in [0.4, 0.5) is 4.79 Å². The van der Waals surface area contributed by atoms with Gasteiger partial charge in [0.05, 0.1) is 6.61 Å². The number of carbonyl (C=O) groups is 2. The molecule has 0 saturated carbocycles. The number of piperidine rings is 1. The fraction of sp³-hybridized carbons (Fsp3) is 0.692. The molecule has 1 heterocycles. The van der Waals surface area contributed by atoms with E-state index in [0.29, 0.717) is 13.2 Å². The first kappa shape index (κ1) is 14.5. The van der Waals surface area contributed by atoms with Crippen LogP contribution in [0.3, 0.4) is 0 Å². The van der Waals surface area contributed by atoms with Gasteiger partial charge in [0.2, 0.25) is 0 Å². The molecule has 0 aliphatic carbocycles. The molecule has 1 aliphatic heterocycles. The predicted octanol–water partition coefficient (Wildman–Crippen LogP) is 1.64. The van der Waals surface area contributed by atoms with Crippen LogP contribution in [0, 0.1) is 0 Å². The second-order valence-electron chi connectivity index (χ2n) is 4.30. The molecule has 5 nitrogen and oxygen atoms in total. The summed E-state index contributed by atoms with van der Waals surface area (Å²) < 4.78 is 4.87. The van der Waals surface area contributed by atoms with Gasteiger partial charge in [-0.15, -0.1) is 6.58 Å². The number of amides is 2. The van der Waals surface area contributed by atoms with E-state index in [0.717, 1.165) is 25.9 Å². The first-order valence-corrected chi connectivity index (χ1v) is 6.49. The van der Waals surface area contributed by atoms with Gasteiger partial charge < -0.3 is 14.5 Å². The maximum atomic E-state index is 12.2. The SMILES string of the molecule is C=CCN(CC(=O)OCC)C(=O)N1CCCCC1. The number of likely N-dealkylation sites (tertiary alicyclic amines) is 1. The second kappa shape index (κ2) is 7.74. The normalized spacial score (nSPS) is 15.1. The average molecular weight is 254 g/mol. The van der Waals surface area contributed by atoms with Gasteiger partial charge in [0.1, 0.15) is 6.54 Å². The summed E-state index contributed by atoms with van der Waals surface area (Å²) in [5.41, 5.74) is 0. The van der Waals surface area contributed by atoms with Crippen LogP contribution in [-0.4, -0.2) is 54.6 Å². The zero-order valence-corrected chi connectivity index (χ0v) is 11.1. The molecule has 1 saturated heterocycles. The molecule has 5 heteroatoms. The molecule has 0 N–H and O–H groups in total. The van der Waals surface area contributed by atoms with E-state index in [1.165, 1.54) is 11.3 Å². The number of hydrogen-bond acceptors (Lipinski definition) is 3. The third-order valence-electron chi connectivity index (χ3n) is 2.87. The molecule has 0 unspecified atom stereocenters. The number of ether oxygens (including phenoxy) is 1. The maximum absolute atomic E-state index is 12.2. The Morgan fingerprint density at radius 2 is 2.00 bits per heavy atom. The summed E-state index contributed by atoms with van der Waals surface area (Å²) in [7, 11) is 0. The fourth-order valence-corrected chi connectivity index (χ4v) is 2.01. The number of urea groups is 1. The minimum atomic E-state index is -0.371. The van der Waals surface area contributed by atoms with Crippen LogP contribution in [-0.2, 0) is 9.53 Å². The number of esters is 1. The van der Waals surface area contributed by atoms with Gasteiger partial charge >= 0.3 is 12.0 Å². The van der Waals surface area contributed by atoms with Gasteiger partial charge in [-0.2, -0.15) is 0 Å². The van der Waals surface area contributed by atoms with Crippen LogP contribution in [0.2, 0.25) is 0 Å². The van der Waals surface area contributed by atoms with E-state index in [2.05, 4.69) is 6.58 Å². The van der Waals surface area contributed by atoms with Gasteiger partial charge in [-0.3, -0.25) is 4.79 Å². The first-order valence-electron chi connectivity index (χ1n) is 6.49. The highest BCUT2D eigenvalue weighted by Gasteiger charge is 2.23. The van der Waals surface area contributed by atoms with Crippen LogP contribution >= 0.6 is 0 Å². The monoisotopic (exact) mass is 254 g/mol. The molecule has 1 fully saturated rings. The van der Waals surface area contributed by atoms with Gasteiger partial charge in [0, 0.05) is 19.6 Å². The van der Waals surface area contributed by atoms with Gasteiger partial charge in [-0.25, -0.2) is 4.79 Å². The highest BCUT2D eigenvalue weighted by Crippen LogP contribution is 2.11. The van der Waals surface area contributed by atoms with Gasteiger partial charge in [0.25, 0.3) is 0 Å². The summed E-state index contributed by atoms with van der Waals surface area (Å²) in [5, 5.41) is 0. The second-order valence-corrected chi connectivity index (χ2v) is 4.30. The number of hydrogen-bond donors (Lipinski definition) is 0. The van der Waals surface area contributed by atoms with Crippen LogP contribution in [0.15, 0.2) is 12.7 Å². The third kappa shape index (κ3) is 4.39. The summed E-state index contributed by atoms with van der Waals surface area (Å²) >= 11 is 0. The topological polar surface area (TPSA) is 49.9 Å². The molecule has 0 spiro atoms. The molecular formula is C13H22N2O3.